The number of nitrogens with two attached hydrogens (primary N) is 1. The van der Waals surface area contributed by atoms with Gasteiger partial charge in [0.1, 0.15) is 12.4 Å². The van der Waals surface area contributed by atoms with Crippen molar-refractivity contribution in [2.75, 3.05) is 12.3 Å². The van der Waals surface area contributed by atoms with Gasteiger partial charge >= 0.3 is 0 Å². The molecule has 96 valence electrons. The summed E-state index contributed by atoms with van der Waals surface area (Å²) in [4.78, 5) is 0. The Labute approximate surface area is 107 Å². The quantitative estimate of drug-likeness (QED) is 0.842. The predicted molar refractivity (Wildman–Crippen MR) is 72.8 cm³/mol. The number of ether oxygens (including phenoxy) is 1. The highest BCUT2D eigenvalue weighted by molar-refractivity contribution is 5.56. The summed E-state index contributed by atoms with van der Waals surface area (Å²) in [6, 6.07) is 3.89. The Balaban J connectivity index is 2.00. The average Bonchev–Trinajstić information content (AvgIpc) is 2.74. The predicted octanol–water partition coefficient (Wildman–Crippen LogP) is 2.47. The van der Waals surface area contributed by atoms with Crippen LogP contribution in [0.3, 0.4) is 0 Å². The lowest BCUT2D eigenvalue weighted by Gasteiger charge is -2.13. The van der Waals surface area contributed by atoms with Crippen molar-refractivity contribution in [2.24, 2.45) is 0 Å². The van der Waals surface area contributed by atoms with Crippen LogP contribution in [0.15, 0.2) is 24.5 Å². The standard InChI is InChI=1S/C14H19N3O/c1-10-8-16-17(9-10)6-7-18-14-11(2)4-5-13(15)12(14)3/h4-5,8-9H,6-7,15H2,1-3H3. The summed E-state index contributed by atoms with van der Waals surface area (Å²) >= 11 is 0. The first-order chi connectivity index (χ1) is 8.58. The van der Waals surface area contributed by atoms with Crippen molar-refractivity contribution in [3.63, 3.8) is 0 Å². The van der Waals surface area contributed by atoms with E-state index < -0.39 is 0 Å². The van der Waals surface area contributed by atoms with Crippen LogP contribution in [0.2, 0.25) is 0 Å². The Bertz CT molecular complexity index is 546. The summed E-state index contributed by atoms with van der Waals surface area (Å²) in [6.07, 6.45) is 3.85. The van der Waals surface area contributed by atoms with E-state index in [9.17, 15) is 0 Å². The maximum atomic E-state index is 5.88. The minimum atomic E-state index is 0.590. The maximum Gasteiger partial charge on any atom is 0.127 e. The molecule has 2 N–H and O–H groups in total. The van der Waals surface area contributed by atoms with Crippen LogP contribution in [0.25, 0.3) is 0 Å². The summed E-state index contributed by atoms with van der Waals surface area (Å²) in [5.41, 5.74) is 9.92. The number of aromatic nitrogens is 2. The molecule has 0 saturated heterocycles. The molecule has 0 spiro atoms. The van der Waals surface area contributed by atoms with Gasteiger partial charge in [0.15, 0.2) is 0 Å². The molecule has 0 unspecified atom stereocenters. The van der Waals surface area contributed by atoms with Gasteiger partial charge in [-0.2, -0.15) is 5.10 Å². The van der Waals surface area contributed by atoms with E-state index in [1.807, 2.05) is 50.0 Å². The fraction of sp³-hybridized carbons (Fsp3) is 0.357. The largest absolute Gasteiger partial charge is 0.491 e. The van der Waals surface area contributed by atoms with Crippen LogP contribution in [0.4, 0.5) is 5.69 Å². The third-order valence-corrected chi connectivity index (χ3v) is 2.97. The van der Waals surface area contributed by atoms with Crippen LogP contribution in [0, 0.1) is 20.8 Å². The van der Waals surface area contributed by atoms with E-state index in [4.69, 9.17) is 10.5 Å². The molecule has 4 heteroatoms. The van der Waals surface area contributed by atoms with E-state index in [1.165, 1.54) is 0 Å². The van der Waals surface area contributed by atoms with Gasteiger partial charge in [-0.3, -0.25) is 4.68 Å². The molecule has 4 nitrogen and oxygen atoms in total. The van der Waals surface area contributed by atoms with E-state index in [1.54, 1.807) is 0 Å². The Morgan fingerprint density at radius 1 is 1.28 bits per heavy atom. The van der Waals surface area contributed by atoms with Gasteiger partial charge in [0.25, 0.3) is 0 Å². The van der Waals surface area contributed by atoms with Gasteiger partial charge in [-0.1, -0.05) is 6.07 Å². The van der Waals surface area contributed by atoms with Gasteiger partial charge < -0.3 is 10.5 Å². The van der Waals surface area contributed by atoms with Gasteiger partial charge in [-0.05, 0) is 38.0 Å². The number of anilines is 1. The lowest BCUT2D eigenvalue weighted by Crippen LogP contribution is -2.10. The van der Waals surface area contributed by atoms with E-state index in [-0.39, 0.29) is 0 Å². The molecule has 1 aromatic heterocycles. The smallest absolute Gasteiger partial charge is 0.127 e. The fourth-order valence-electron chi connectivity index (χ4n) is 1.89. The van der Waals surface area contributed by atoms with Crippen molar-refractivity contribution in [3.05, 3.63) is 41.2 Å². The lowest BCUT2D eigenvalue weighted by molar-refractivity contribution is 0.288. The van der Waals surface area contributed by atoms with Gasteiger partial charge in [-0.15, -0.1) is 0 Å². The van der Waals surface area contributed by atoms with Crippen molar-refractivity contribution in [2.45, 2.75) is 27.3 Å². The van der Waals surface area contributed by atoms with Crippen LogP contribution in [0.5, 0.6) is 5.75 Å². The molecule has 0 aliphatic carbocycles. The number of rotatable bonds is 4. The number of nitrogen functional groups attached to an aromatic ring is 1. The number of benzene rings is 1. The van der Waals surface area contributed by atoms with E-state index in [2.05, 4.69) is 5.10 Å². The highest BCUT2D eigenvalue weighted by Gasteiger charge is 2.06. The lowest BCUT2D eigenvalue weighted by atomic mass is 10.1. The Morgan fingerprint density at radius 3 is 2.72 bits per heavy atom. The molecule has 0 aliphatic heterocycles. The summed E-state index contributed by atoms with van der Waals surface area (Å²) in [5.74, 6) is 0.888. The minimum absolute atomic E-state index is 0.590. The zero-order chi connectivity index (χ0) is 13.1. The summed E-state index contributed by atoms with van der Waals surface area (Å²) in [5, 5.41) is 4.22. The zero-order valence-corrected chi connectivity index (χ0v) is 11.1. The van der Waals surface area contributed by atoms with Gasteiger partial charge in [0.2, 0.25) is 0 Å². The first-order valence-electron chi connectivity index (χ1n) is 6.05. The Kier molecular flexibility index (Phi) is 3.55. The molecule has 1 aromatic carbocycles. The number of aryl methyl sites for hydroxylation is 2. The highest BCUT2D eigenvalue weighted by Crippen LogP contribution is 2.27. The second-order valence-electron chi connectivity index (χ2n) is 4.56. The first kappa shape index (κ1) is 12.5. The second kappa shape index (κ2) is 5.12. The maximum absolute atomic E-state index is 5.88. The Hall–Kier alpha value is -1.97. The number of hydrogen-bond donors (Lipinski definition) is 1. The van der Waals surface area contributed by atoms with Crippen LogP contribution in [-0.2, 0) is 6.54 Å². The monoisotopic (exact) mass is 245 g/mol. The van der Waals surface area contributed by atoms with Crippen LogP contribution in [-0.4, -0.2) is 16.4 Å². The molecule has 18 heavy (non-hydrogen) atoms. The first-order valence-corrected chi connectivity index (χ1v) is 6.05. The van der Waals surface area contributed by atoms with E-state index in [0.29, 0.717) is 6.61 Å². The molecule has 0 amide bonds. The molecule has 0 bridgehead atoms. The van der Waals surface area contributed by atoms with E-state index >= 15 is 0 Å². The fourth-order valence-corrected chi connectivity index (χ4v) is 1.89. The molecule has 1 heterocycles. The molecule has 0 atom stereocenters. The van der Waals surface area contributed by atoms with Crippen molar-refractivity contribution >= 4 is 5.69 Å². The molecule has 2 rings (SSSR count). The second-order valence-corrected chi connectivity index (χ2v) is 4.56. The van der Waals surface area contributed by atoms with Crippen molar-refractivity contribution < 1.29 is 4.74 Å². The van der Waals surface area contributed by atoms with E-state index in [0.717, 1.165) is 34.7 Å². The van der Waals surface area contributed by atoms with Gasteiger partial charge in [0, 0.05) is 17.4 Å². The summed E-state index contributed by atoms with van der Waals surface area (Å²) in [7, 11) is 0. The molecule has 0 saturated carbocycles. The molecule has 2 aromatic rings. The molecular weight excluding hydrogens is 226 g/mol. The van der Waals surface area contributed by atoms with Crippen molar-refractivity contribution in [1.82, 2.24) is 9.78 Å². The molecule has 0 radical (unpaired) electrons. The highest BCUT2D eigenvalue weighted by atomic mass is 16.5. The van der Waals surface area contributed by atoms with Crippen molar-refractivity contribution in [3.8, 4) is 5.75 Å². The molecule has 0 aliphatic rings. The minimum Gasteiger partial charge on any atom is -0.491 e. The topological polar surface area (TPSA) is 53.1 Å². The van der Waals surface area contributed by atoms with Gasteiger partial charge in [0.05, 0.1) is 12.7 Å². The Morgan fingerprint density at radius 2 is 2.06 bits per heavy atom. The van der Waals surface area contributed by atoms with Crippen LogP contribution >= 0.6 is 0 Å². The average molecular weight is 245 g/mol. The SMILES string of the molecule is Cc1cnn(CCOc2c(C)ccc(N)c2C)c1. The number of nitrogens with zero attached hydrogens (tertiary/aromatic N) is 2. The van der Waals surface area contributed by atoms with Crippen LogP contribution < -0.4 is 10.5 Å². The van der Waals surface area contributed by atoms with Gasteiger partial charge in [-0.25, -0.2) is 0 Å². The summed E-state index contributed by atoms with van der Waals surface area (Å²) in [6.45, 7) is 7.36. The number of hydrogen-bond acceptors (Lipinski definition) is 3. The zero-order valence-electron chi connectivity index (χ0n) is 11.1. The van der Waals surface area contributed by atoms with Crippen molar-refractivity contribution in [1.29, 1.82) is 0 Å². The third kappa shape index (κ3) is 2.64. The normalized spacial score (nSPS) is 10.6. The van der Waals surface area contributed by atoms with Crippen LogP contribution in [0.1, 0.15) is 16.7 Å². The molecule has 0 fully saturated rings. The third-order valence-electron chi connectivity index (χ3n) is 2.97. The molecular formula is C14H19N3O. The summed E-state index contributed by atoms with van der Waals surface area (Å²) < 4.78 is 7.70.